The van der Waals surface area contributed by atoms with Gasteiger partial charge in [0.25, 0.3) is 0 Å². The van der Waals surface area contributed by atoms with E-state index in [1.165, 1.54) is 0 Å². The number of aliphatic hydroxyl groups is 3. The van der Waals surface area contributed by atoms with Crippen LogP contribution in [0.25, 0.3) is 0 Å². The molecule has 0 aliphatic heterocycles. The van der Waals surface area contributed by atoms with Crippen molar-refractivity contribution in [1.29, 1.82) is 0 Å². The predicted molar refractivity (Wildman–Crippen MR) is 80.8 cm³/mol. The van der Waals surface area contributed by atoms with Gasteiger partial charge in [-0.1, -0.05) is 60.7 Å². The van der Waals surface area contributed by atoms with Crippen molar-refractivity contribution >= 4 is 0 Å². The first kappa shape index (κ1) is 14.3. The fraction of sp³-hybridized carbons (Fsp3) is 0.333. The minimum absolute atomic E-state index is 0.148. The van der Waals surface area contributed by atoms with Crippen LogP contribution in [0, 0.1) is 0 Å². The lowest BCUT2D eigenvalue weighted by molar-refractivity contribution is -0.163. The molecule has 0 bridgehead atoms. The summed E-state index contributed by atoms with van der Waals surface area (Å²) in [4.78, 5) is 0. The molecule has 0 spiro atoms. The van der Waals surface area contributed by atoms with Crippen molar-refractivity contribution in [2.75, 3.05) is 0 Å². The summed E-state index contributed by atoms with van der Waals surface area (Å²) in [7, 11) is 0. The Hall–Kier alpha value is -1.68. The van der Waals surface area contributed by atoms with Gasteiger partial charge in [-0.15, -0.1) is 0 Å². The number of hydrogen-bond donors (Lipinski definition) is 3. The summed E-state index contributed by atoms with van der Waals surface area (Å²) in [5.41, 5.74) is 0.272. The lowest BCUT2D eigenvalue weighted by atomic mass is 9.69. The van der Waals surface area contributed by atoms with E-state index in [1.807, 2.05) is 48.5 Å². The van der Waals surface area contributed by atoms with Crippen LogP contribution in [-0.2, 0) is 5.60 Å². The predicted octanol–water partition coefficient (Wildman–Crippen LogP) is 2.17. The molecule has 0 aromatic heterocycles. The van der Waals surface area contributed by atoms with Gasteiger partial charge >= 0.3 is 0 Å². The van der Waals surface area contributed by atoms with E-state index in [9.17, 15) is 15.3 Å². The van der Waals surface area contributed by atoms with Gasteiger partial charge in [-0.05, 0) is 24.0 Å². The van der Waals surface area contributed by atoms with Gasteiger partial charge in [0, 0.05) is 5.92 Å². The van der Waals surface area contributed by atoms with E-state index < -0.39 is 17.8 Å². The van der Waals surface area contributed by atoms with Gasteiger partial charge < -0.3 is 15.3 Å². The molecule has 2 aromatic carbocycles. The molecule has 1 aliphatic rings. The molecule has 0 amide bonds. The maximum absolute atomic E-state index is 10.8. The van der Waals surface area contributed by atoms with E-state index in [-0.39, 0.29) is 5.92 Å². The van der Waals surface area contributed by atoms with Crippen molar-refractivity contribution < 1.29 is 15.3 Å². The van der Waals surface area contributed by atoms with Crippen LogP contribution >= 0.6 is 0 Å². The maximum Gasteiger partial charge on any atom is 0.118 e. The van der Waals surface area contributed by atoms with Gasteiger partial charge in [-0.3, -0.25) is 0 Å². The smallest absolute Gasteiger partial charge is 0.118 e. The first-order valence-electron chi connectivity index (χ1n) is 7.32. The van der Waals surface area contributed by atoms with Crippen molar-refractivity contribution in [2.45, 2.75) is 36.6 Å². The van der Waals surface area contributed by atoms with E-state index in [1.54, 1.807) is 12.1 Å². The first-order valence-corrected chi connectivity index (χ1v) is 7.32. The molecular formula is C18H20O3. The highest BCUT2D eigenvalue weighted by molar-refractivity contribution is 5.29. The van der Waals surface area contributed by atoms with Crippen molar-refractivity contribution in [3.63, 3.8) is 0 Å². The van der Waals surface area contributed by atoms with E-state index in [2.05, 4.69) is 0 Å². The molecule has 2 aromatic rings. The number of aliphatic hydroxyl groups excluding tert-OH is 2. The lowest BCUT2D eigenvalue weighted by Gasteiger charge is -2.44. The number of rotatable bonds is 2. The van der Waals surface area contributed by atoms with Gasteiger partial charge in [0.1, 0.15) is 11.7 Å². The fourth-order valence-corrected chi connectivity index (χ4v) is 3.30. The number of benzene rings is 2. The zero-order valence-corrected chi connectivity index (χ0v) is 11.8. The molecule has 1 saturated carbocycles. The summed E-state index contributed by atoms with van der Waals surface area (Å²) in [6.07, 6.45) is -1.12. The molecule has 4 atom stereocenters. The standard InChI is InChI=1S/C18H20O3/c19-16-15(13-7-3-1-4-8-13)11-12-18(21,17(16)20)14-9-5-2-6-10-14/h1-10,15-17,19-21H,11-12H2/t15-,16+,17+,18-/m0/s1. The molecule has 3 heteroatoms. The molecule has 110 valence electrons. The third-order valence-electron chi connectivity index (χ3n) is 4.56. The van der Waals surface area contributed by atoms with Crippen molar-refractivity contribution in [3.8, 4) is 0 Å². The molecule has 1 aliphatic carbocycles. The third-order valence-corrected chi connectivity index (χ3v) is 4.56. The second kappa shape index (κ2) is 5.60. The van der Waals surface area contributed by atoms with E-state index in [0.29, 0.717) is 18.4 Å². The molecule has 0 unspecified atom stereocenters. The second-order valence-corrected chi connectivity index (χ2v) is 5.78. The summed E-state index contributed by atoms with van der Waals surface area (Å²) in [6, 6.07) is 18.8. The van der Waals surface area contributed by atoms with Crippen LogP contribution in [0.3, 0.4) is 0 Å². The Bertz CT molecular complexity index is 584. The molecule has 3 N–H and O–H groups in total. The Labute approximate surface area is 124 Å². The van der Waals surface area contributed by atoms with Crippen LogP contribution in [0.4, 0.5) is 0 Å². The topological polar surface area (TPSA) is 60.7 Å². The van der Waals surface area contributed by atoms with Gasteiger partial charge in [0.05, 0.1) is 6.10 Å². The van der Waals surface area contributed by atoms with Crippen LogP contribution in [0.15, 0.2) is 60.7 Å². The fourth-order valence-electron chi connectivity index (χ4n) is 3.30. The molecule has 1 fully saturated rings. The Balaban J connectivity index is 1.88. The van der Waals surface area contributed by atoms with Crippen LogP contribution in [0.1, 0.15) is 29.9 Å². The van der Waals surface area contributed by atoms with E-state index in [0.717, 1.165) is 5.56 Å². The van der Waals surface area contributed by atoms with E-state index >= 15 is 0 Å². The summed E-state index contributed by atoms with van der Waals surface area (Å²) in [5.74, 6) is -0.148. The average Bonchev–Trinajstić information content (AvgIpc) is 2.54. The highest BCUT2D eigenvalue weighted by atomic mass is 16.4. The quantitative estimate of drug-likeness (QED) is 0.792. The molecular weight excluding hydrogens is 264 g/mol. The molecule has 0 heterocycles. The first-order chi connectivity index (χ1) is 10.1. The largest absolute Gasteiger partial charge is 0.390 e. The summed E-state index contributed by atoms with van der Waals surface area (Å²) >= 11 is 0. The van der Waals surface area contributed by atoms with Crippen LogP contribution < -0.4 is 0 Å². The maximum atomic E-state index is 10.8. The van der Waals surface area contributed by atoms with E-state index in [4.69, 9.17) is 0 Å². The van der Waals surface area contributed by atoms with Gasteiger partial charge in [0.15, 0.2) is 0 Å². The molecule has 3 rings (SSSR count). The SMILES string of the molecule is O[C@H]1[C@@H](O)[C@@](O)(c2ccccc2)CC[C@H]1c1ccccc1. The molecule has 0 saturated heterocycles. The van der Waals surface area contributed by atoms with Crippen LogP contribution in [0.2, 0.25) is 0 Å². The Morgan fingerprint density at radius 1 is 0.857 bits per heavy atom. The Morgan fingerprint density at radius 3 is 2.05 bits per heavy atom. The number of hydrogen-bond acceptors (Lipinski definition) is 3. The van der Waals surface area contributed by atoms with Gasteiger partial charge in [-0.2, -0.15) is 0 Å². The van der Waals surface area contributed by atoms with Crippen LogP contribution in [-0.4, -0.2) is 27.5 Å². The monoisotopic (exact) mass is 284 g/mol. The highest BCUT2D eigenvalue weighted by Crippen LogP contribution is 2.43. The summed E-state index contributed by atoms with van der Waals surface area (Å²) in [5, 5.41) is 31.8. The zero-order valence-electron chi connectivity index (χ0n) is 11.8. The molecule has 3 nitrogen and oxygen atoms in total. The van der Waals surface area contributed by atoms with Crippen molar-refractivity contribution in [2.24, 2.45) is 0 Å². The zero-order chi connectivity index (χ0) is 14.9. The Kier molecular flexibility index (Phi) is 3.81. The van der Waals surface area contributed by atoms with Crippen molar-refractivity contribution in [3.05, 3.63) is 71.8 Å². The lowest BCUT2D eigenvalue weighted by Crippen LogP contribution is -2.52. The molecule has 0 radical (unpaired) electrons. The normalized spacial score (nSPS) is 32.8. The minimum atomic E-state index is -1.38. The highest BCUT2D eigenvalue weighted by Gasteiger charge is 2.48. The summed E-state index contributed by atoms with van der Waals surface area (Å²) in [6.45, 7) is 0. The third kappa shape index (κ3) is 2.48. The van der Waals surface area contributed by atoms with Crippen molar-refractivity contribution in [1.82, 2.24) is 0 Å². The van der Waals surface area contributed by atoms with Gasteiger partial charge in [-0.25, -0.2) is 0 Å². The molecule has 21 heavy (non-hydrogen) atoms. The summed E-state index contributed by atoms with van der Waals surface area (Å²) < 4.78 is 0. The second-order valence-electron chi connectivity index (χ2n) is 5.78. The minimum Gasteiger partial charge on any atom is -0.390 e. The average molecular weight is 284 g/mol. The van der Waals surface area contributed by atoms with Gasteiger partial charge in [0.2, 0.25) is 0 Å². The van der Waals surface area contributed by atoms with Crippen LogP contribution in [0.5, 0.6) is 0 Å². The Morgan fingerprint density at radius 2 is 1.43 bits per heavy atom.